The van der Waals surface area contributed by atoms with Gasteiger partial charge in [0.15, 0.2) is 0 Å². The Morgan fingerprint density at radius 2 is 1.90 bits per heavy atom. The summed E-state index contributed by atoms with van der Waals surface area (Å²) in [5.74, 6) is 0.552. The molecule has 1 aromatic carbocycles. The number of nitrogens with zero attached hydrogens (tertiary/aromatic N) is 4. The predicted octanol–water partition coefficient (Wildman–Crippen LogP) is 4.95. The lowest BCUT2D eigenvalue weighted by atomic mass is 9.97. The van der Waals surface area contributed by atoms with Crippen LogP contribution in [0.1, 0.15) is 24.6 Å². The molecule has 6 nitrogen and oxygen atoms in total. The van der Waals surface area contributed by atoms with Crippen LogP contribution in [0, 0.1) is 5.82 Å². The molecule has 0 saturated carbocycles. The van der Waals surface area contributed by atoms with E-state index in [0.29, 0.717) is 13.1 Å². The number of hydrogen-bond acceptors (Lipinski definition) is 3. The first-order valence-electron chi connectivity index (χ1n) is 10.4. The van der Waals surface area contributed by atoms with Gasteiger partial charge in [-0.2, -0.15) is 0 Å². The summed E-state index contributed by atoms with van der Waals surface area (Å²) in [5, 5.41) is 2.69. The average molecular weight is 415 g/mol. The number of rotatable bonds is 3. The first-order valence-corrected chi connectivity index (χ1v) is 10.4. The SMILES string of the molecule is O=C(Nc1ccccc1F)N1CCCC(c2nc(-c3ccccn3)c3ccccn23)C1. The van der Waals surface area contributed by atoms with Crippen LogP contribution in [0.3, 0.4) is 0 Å². The molecule has 0 bridgehead atoms. The molecule has 7 heteroatoms. The Bertz CT molecular complexity index is 1220. The van der Waals surface area contributed by atoms with Crippen LogP contribution in [-0.2, 0) is 0 Å². The fourth-order valence-corrected chi connectivity index (χ4v) is 4.17. The van der Waals surface area contributed by atoms with Gasteiger partial charge in [0, 0.05) is 31.4 Å². The van der Waals surface area contributed by atoms with E-state index in [0.717, 1.165) is 35.6 Å². The summed E-state index contributed by atoms with van der Waals surface area (Å²) in [6.07, 6.45) is 5.55. The molecule has 1 fully saturated rings. The van der Waals surface area contributed by atoms with Gasteiger partial charge in [-0.25, -0.2) is 14.2 Å². The largest absolute Gasteiger partial charge is 0.324 e. The van der Waals surface area contributed by atoms with Crippen molar-refractivity contribution in [2.75, 3.05) is 18.4 Å². The number of likely N-dealkylation sites (tertiary alicyclic amines) is 1. The van der Waals surface area contributed by atoms with E-state index in [1.54, 1.807) is 29.3 Å². The second-order valence-electron chi connectivity index (χ2n) is 7.68. The number of urea groups is 1. The Labute approximate surface area is 179 Å². The van der Waals surface area contributed by atoms with E-state index < -0.39 is 5.82 Å². The van der Waals surface area contributed by atoms with E-state index in [9.17, 15) is 9.18 Å². The fraction of sp³-hybridized carbons (Fsp3) is 0.208. The van der Waals surface area contributed by atoms with Crippen LogP contribution in [0.15, 0.2) is 73.1 Å². The lowest BCUT2D eigenvalue weighted by molar-refractivity contribution is 0.191. The number of piperidine rings is 1. The van der Waals surface area contributed by atoms with E-state index in [-0.39, 0.29) is 17.6 Å². The number of fused-ring (bicyclic) bond motifs is 1. The number of halogens is 1. The van der Waals surface area contributed by atoms with Crippen molar-refractivity contribution in [1.29, 1.82) is 0 Å². The molecule has 156 valence electrons. The number of hydrogen-bond donors (Lipinski definition) is 1. The zero-order chi connectivity index (χ0) is 21.2. The van der Waals surface area contributed by atoms with E-state index in [2.05, 4.69) is 14.7 Å². The molecule has 1 N–H and O–H groups in total. The van der Waals surface area contributed by atoms with Gasteiger partial charge in [-0.15, -0.1) is 0 Å². The number of imidazole rings is 1. The molecule has 0 spiro atoms. The summed E-state index contributed by atoms with van der Waals surface area (Å²) in [6.45, 7) is 1.16. The van der Waals surface area contributed by atoms with Crippen molar-refractivity contribution in [3.05, 3.63) is 84.7 Å². The molecule has 2 amide bonds. The predicted molar refractivity (Wildman–Crippen MR) is 117 cm³/mol. The van der Waals surface area contributed by atoms with Gasteiger partial charge in [0.25, 0.3) is 0 Å². The maximum absolute atomic E-state index is 13.9. The van der Waals surface area contributed by atoms with Gasteiger partial charge < -0.3 is 14.6 Å². The summed E-state index contributed by atoms with van der Waals surface area (Å²) in [5.41, 5.74) is 2.84. The molecule has 31 heavy (non-hydrogen) atoms. The van der Waals surface area contributed by atoms with Gasteiger partial charge in [-0.1, -0.05) is 24.3 Å². The Kier molecular flexibility index (Phi) is 5.08. The number of aromatic nitrogens is 3. The highest BCUT2D eigenvalue weighted by atomic mass is 19.1. The van der Waals surface area contributed by atoms with Crippen LogP contribution in [0.25, 0.3) is 16.9 Å². The minimum atomic E-state index is -0.441. The molecule has 1 aliphatic heterocycles. The van der Waals surface area contributed by atoms with Crippen LogP contribution in [0.5, 0.6) is 0 Å². The van der Waals surface area contributed by atoms with E-state index in [1.807, 2.05) is 42.6 Å². The highest BCUT2D eigenvalue weighted by Crippen LogP contribution is 2.31. The van der Waals surface area contributed by atoms with Crippen molar-refractivity contribution in [3.8, 4) is 11.4 Å². The Hall–Kier alpha value is -3.74. The molecule has 4 aromatic rings. The number of amides is 2. The molecular weight excluding hydrogens is 393 g/mol. The van der Waals surface area contributed by atoms with E-state index in [4.69, 9.17) is 4.98 Å². The highest BCUT2D eigenvalue weighted by molar-refractivity contribution is 5.89. The lowest BCUT2D eigenvalue weighted by Gasteiger charge is -2.32. The monoisotopic (exact) mass is 415 g/mol. The summed E-state index contributed by atoms with van der Waals surface area (Å²) in [7, 11) is 0. The summed E-state index contributed by atoms with van der Waals surface area (Å²) < 4.78 is 16.0. The number of anilines is 1. The first kappa shape index (κ1) is 19.2. The van der Waals surface area contributed by atoms with Crippen LogP contribution >= 0.6 is 0 Å². The van der Waals surface area contributed by atoms with Gasteiger partial charge in [-0.05, 0) is 49.2 Å². The molecule has 1 unspecified atom stereocenters. The minimum Gasteiger partial charge on any atom is -0.324 e. The number of pyridine rings is 2. The maximum Gasteiger partial charge on any atom is 0.321 e. The van der Waals surface area contributed by atoms with Crippen LogP contribution < -0.4 is 5.32 Å². The zero-order valence-electron chi connectivity index (χ0n) is 16.9. The third-order valence-electron chi connectivity index (χ3n) is 5.67. The summed E-state index contributed by atoms with van der Waals surface area (Å²) in [4.78, 5) is 24.0. The van der Waals surface area contributed by atoms with Crippen LogP contribution in [0.2, 0.25) is 0 Å². The Morgan fingerprint density at radius 1 is 1.06 bits per heavy atom. The molecule has 1 saturated heterocycles. The number of benzene rings is 1. The summed E-state index contributed by atoms with van der Waals surface area (Å²) >= 11 is 0. The fourth-order valence-electron chi connectivity index (χ4n) is 4.17. The second kappa shape index (κ2) is 8.18. The smallest absolute Gasteiger partial charge is 0.321 e. The maximum atomic E-state index is 13.9. The molecule has 1 atom stereocenters. The van der Waals surface area contributed by atoms with Crippen LogP contribution in [-0.4, -0.2) is 38.4 Å². The summed E-state index contributed by atoms with van der Waals surface area (Å²) in [6, 6.07) is 17.7. The molecule has 3 aromatic heterocycles. The van der Waals surface area contributed by atoms with Gasteiger partial charge in [0.2, 0.25) is 0 Å². The van der Waals surface area contributed by atoms with Gasteiger partial charge in [0.05, 0.1) is 16.9 Å². The quantitative estimate of drug-likeness (QED) is 0.515. The number of carbonyl (C=O) groups excluding carboxylic acids is 1. The topological polar surface area (TPSA) is 62.5 Å². The van der Waals surface area contributed by atoms with Crippen LogP contribution in [0.4, 0.5) is 14.9 Å². The normalized spacial score (nSPS) is 16.4. The molecule has 5 rings (SSSR count). The number of para-hydroxylation sites is 1. The Morgan fingerprint density at radius 3 is 2.74 bits per heavy atom. The lowest BCUT2D eigenvalue weighted by Crippen LogP contribution is -2.42. The van der Waals surface area contributed by atoms with Gasteiger partial charge >= 0.3 is 6.03 Å². The van der Waals surface area contributed by atoms with Crippen molar-refractivity contribution in [3.63, 3.8) is 0 Å². The first-order chi connectivity index (χ1) is 15.2. The zero-order valence-corrected chi connectivity index (χ0v) is 16.9. The average Bonchev–Trinajstić information content (AvgIpc) is 3.21. The van der Waals surface area contributed by atoms with Gasteiger partial charge in [0.1, 0.15) is 17.3 Å². The van der Waals surface area contributed by atoms with Crippen molar-refractivity contribution >= 4 is 17.2 Å². The Balaban J connectivity index is 1.43. The molecule has 1 aliphatic rings. The molecule has 0 radical (unpaired) electrons. The standard InChI is InChI=1S/C24H22FN5O/c25-18-9-1-2-10-19(18)27-24(31)29-14-7-8-17(16-29)23-28-22(20-11-3-5-13-26-20)21-12-4-6-15-30(21)23/h1-6,9-13,15,17H,7-8,14,16H2,(H,27,31). The molecule has 4 heterocycles. The molecular formula is C24H22FN5O. The van der Waals surface area contributed by atoms with Crippen molar-refractivity contribution in [2.45, 2.75) is 18.8 Å². The number of nitrogens with one attached hydrogen (secondary N) is 1. The van der Waals surface area contributed by atoms with E-state index >= 15 is 0 Å². The minimum absolute atomic E-state index is 0.0764. The highest BCUT2D eigenvalue weighted by Gasteiger charge is 2.29. The van der Waals surface area contributed by atoms with Gasteiger partial charge in [-0.3, -0.25) is 4.98 Å². The van der Waals surface area contributed by atoms with Crippen molar-refractivity contribution in [1.82, 2.24) is 19.3 Å². The third kappa shape index (κ3) is 3.74. The third-order valence-corrected chi connectivity index (χ3v) is 5.67. The molecule has 0 aliphatic carbocycles. The van der Waals surface area contributed by atoms with E-state index in [1.165, 1.54) is 6.07 Å². The van der Waals surface area contributed by atoms with Crippen molar-refractivity contribution < 1.29 is 9.18 Å². The number of carbonyl (C=O) groups is 1. The van der Waals surface area contributed by atoms with Crippen molar-refractivity contribution in [2.24, 2.45) is 0 Å². The second-order valence-corrected chi connectivity index (χ2v) is 7.68.